The van der Waals surface area contributed by atoms with Crippen molar-refractivity contribution in [3.63, 3.8) is 0 Å². The Labute approximate surface area is 170 Å². The number of benzene rings is 1. The molecular weight excluding hydrogens is 439 g/mol. The number of amides is 1. The Hall–Kier alpha value is -1.81. The Morgan fingerprint density at radius 3 is 2.50 bits per heavy atom. The fourth-order valence-electron chi connectivity index (χ4n) is 2.51. The van der Waals surface area contributed by atoms with Crippen molar-refractivity contribution < 1.29 is 4.79 Å². The number of anilines is 1. The van der Waals surface area contributed by atoms with Crippen molar-refractivity contribution in [2.45, 2.75) is 9.79 Å². The maximum Gasteiger partial charge on any atom is 0.298 e. The molecule has 0 bridgehead atoms. The average molecular weight is 454 g/mol. The Morgan fingerprint density at radius 1 is 1.19 bits per heavy atom. The molecule has 2 aromatic rings. The molecule has 134 valence electrons. The third-order valence-corrected chi connectivity index (χ3v) is 5.18. The number of rotatable bonds is 2. The van der Waals surface area contributed by atoms with Crippen LogP contribution in [-0.2, 0) is 4.79 Å². The predicted octanol–water partition coefficient (Wildman–Crippen LogP) is 3.37. The van der Waals surface area contributed by atoms with Crippen LogP contribution in [0.25, 0.3) is 0 Å². The van der Waals surface area contributed by atoms with Gasteiger partial charge in [-0.1, -0.05) is 34.0 Å². The highest BCUT2D eigenvalue weighted by molar-refractivity contribution is 9.09. The van der Waals surface area contributed by atoms with Crippen LogP contribution in [0.3, 0.4) is 0 Å². The molecular formula is C18H15BrCl2N4O. The smallest absolute Gasteiger partial charge is 0.298 e. The van der Waals surface area contributed by atoms with Gasteiger partial charge in [0.15, 0.2) is 0 Å². The Balaban J connectivity index is 1.62. The van der Waals surface area contributed by atoms with Crippen LogP contribution in [0.1, 0.15) is 16.0 Å². The van der Waals surface area contributed by atoms with Gasteiger partial charge < -0.3 is 9.80 Å². The Bertz CT molecular complexity index is 821. The van der Waals surface area contributed by atoms with Gasteiger partial charge in [0.1, 0.15) is 9.79 Å². The number of hydrogen-bond donors (Lipinski definition) is 0. The van der Waals surface area contributed by atoms with Gasteiger partial charge in [0.2, 0.25) is 5.95 Å². The van der Waals surface area contributed by atoms with Crippen LogP contribution in [0.5, 0.6) is 0 Å². The van der Waals surface area contributed by atoms with Gasteiger partial charge in [-0.2, -0.15) is 0 Å². The molecule has 1 unspecified atom stereocenters. The summed E-state index contributed by atoms with van der Waals surface area (Å²) in [7, 11) is 0. The highest BCUT2D eigenvalue weighted by Crippen LogP contribution is 2.24. The van der Waals surface area contributed by atoms with Gasteiger partial charge in [-0.25, -0.2) is 9.97 Å². The first-order valence-corrected chi connectivity index (χ1v) is 9.70. The van der Waals surface area contributed by atoms with Gasteiger partial charge >= 0.3 is 0 Å². The van der Waals surface area contributed by atoms with Crippen LogP contribution in [-0.4, -0.2) is 45.4 Å². The van der Waals surface area contributed by atoms with Crippen LogP contribution in [0.15, 0.2) is 42.7 Å². The molecule has 1 fully saturated rings. The van der Waals surface area contributed by atoms with Gasteiger partial charge in [0.05, 0.1) is 6.54 Å². The van der Waals surface area contributed by atoms with E-state index in [9.17, 15) is 4.79 Å². The maximum atomic E-state index is 12.4. The molecule has 3 rings (SSSR count). The number of carbonyl (C=O) groups is 1. The number of nitrogens with zero attached hydrogens (tertiary/aromatic N) is 4. The fraction of sp³-hybridized carbons (Fsp3) is 0.278. The van der Waals surface area contributed by atoms with E-state index >= 15 is 0 Å². The average Bonchev–Trinajstić information content (AvgIpc) is 2.67. The zero-order valence-electron chi connectivity index (χ0n) is 13.6. The second-order valence-electron chi connectivity index (χ2n) is 5.60. The molecule has 1 aliphatic heterocycles. The van der Waals surface area contributed by atoms with Crippen LogP contribution in [0, 0.1) is 11.8 Å². The number of carbonyl (C=O) groups excluding carboxylic acids is 1. The van der Waals surface area contributed by atoms with Gasteiger partial charge in [0, 0.05) is 37.0 Å². The molecule has 0 N–H and O–H groups in total. The molecule has 1 aromatic heterocycles. The molecule has 0 radical (unpaired) electrons. The third-order valence-electron chi connectivity index (χ3n) is 3.89. The normalized spacial score (nSPS) is 17.0. The van der Waals surface area contributed by atoms with Crippen molar-refractivity contribution in [1.29, 1.82) is 0 Å². The number of hydrogen-bond acceptors (Lipinski definition) is 4. The Kier molecular flexibility index (Phi) is 6.36. The van der Waals surface area contributed by atoms with E-state index in [-0.39, 0.29) is 10.9 Å². The molecule has 1 aromatic carbocycles. The first kappa shape index (κ1) is 19.0. The number of alkyl halides is 3. The van der Waals surface area contributed by atoms with E-state index < -0.39 is 4.84 Å². The third kappa shape index (κ3) is 4.67. The SMILES string of the molecule is O=C(C#Cc1ccc(C(Cl)Cl)cc1)N1CCN(c2ncccn2)C(Br)C1. The topological polar surface area (TPSA) is 49.3 Å². The summed E-state index contributed by atoms with van der Waals surface area (Å²) in [6.45, 7) is 1.70. The molecule has 0 spiro atoms. The van der Waals surface area contributed by atoms with Gasteiger partial charge in [-0.3, -0.25) is 4.79 Å². The van der Waals surface area contributed by atoms with Crippen molar-refractivity contribution >= 4 is 51.0 Å². The molecule has 1 aliphatic rings. The lowest BCUT2D eigenvalue weighted by Gasteiger charge is -2.37. The van der Waals surface area contributed by atoms with Crippen molar-refractivity contribution in [3.05, 3.63) is 53.9 Å². The fourth-order valence-corrected chi connectivity index (χ4v) is 3.53. The molecule has 2 heterocycles. The largest absolute Gasteiger partial charge is 0.327 e. The number of piperazine rings is 1. The van der Waals surface area contributed by atoms with Crippen LogP contribution in [0.4, 0.5) is 5.95 Å². The number of aromatic nitrogens is 2. The highest BCUT2D eigenvalue weighted by Gasteiger charge is 2.28. The first-order valence-electron chi connectivity index (χ1n) is 7.91. The quantitative estimate of drug-likeness (QED) is 0.397. The molecule has 0 saturated carbocycles. The summed E-state index contributed by atoms with van der Waals surface area (Å²) < 4.78 is 0. The van der Waals surface area contributed by atoms with Crippen molar-refractivity contribution in [2.75, 3.05) is 24.5 Å². The van der Waals surface area contributed by atoms with Gasteiger partial charge in [0.25, 0.3) is 5.91 Å². The lowest BCUT2D eigenvalue weighted by Crippen LogP contribution is -2.52. The molecule has 1 saturated heterocycles. The van der Waals surface area contributed by atoms with Crippen molar-refractivity contribution in [1.82, 2.24) is 14.9 Å². The summed E-state index contributed by atoms with van der Waals surface area (Å²) >= 11 is 15.2. The van der Waals surface area contributed by atoms with E-state index in [0.29, 0.717) is 25.6 Å². The molecule has 1 amide bonds. The summed E-state index contributed by atoms with van der Waals surface area (Å²) in [5.74, 6) is 6.01. The molecule has 1 atom stereocenters. The summed E-state index contributed by atoms with van der Waals surface area (Å²) in [4.78, 5) is 24.0. The van der Waals surface area contributed by atoms with E-state index in [1.807, 2.05) is 4.90 Å². The minimum Gasteiger partial charge on any atom is -0.327 e. The standard InChI is InChI=1S/C18H15BrCl2N4O/c19-15-12-24(10-11-25(15)18-22-8-1-9-23-18)16(26)7-4-13-2-5-14(6-3-13)17(20)21/h1-3,5-6,8-9,15,17H,10-12H2. The molecule has 26 heavy (non-hydrogen) atoms. The lowest BCUT2D eigenvalue weighted by molar-refractivity contribution is -0.125. The van der Waals surface area contributed by atoms with Crippen LogP contribution >= 0.6 is 39.1 Å². The van der Waals surface area contributed by atoms with Gasteiger partial charge in [-0.15, -0.1) is 23.2 Å². The molecule has 8 heteroatoms. The van der Waals surface area contributed by atoms with E-state index in [4.69, 9.17) is 23.2 Å². The van der Waals surface area contributed by atoms with Crippen LogP contribution in [0.2, 0.25) is 0 Å². The van der Waals surface area contributed by atoms with E-state index in [2.05, 4.69) is 37.7 Å². The Morgan fingerprint density at radius 2 is 1.88 bits per heavy atom. The summed E-state index contributed by atoms with van der Waals surface area (Å²) in [6, 6.07) is 8.96. The summed E-state index contributed by atoms with van der Waals surface area (Å²) in [5, 5.41) is 0. The summed E-state index contributed by atoms with van der Waals surface area (Å²) in [5.41, 5.74) is 1.54. The maximum absolute atomic E-state index is 12.4. The molecule has 5 nitrogen and oxygen atoms in total. The van der Waals surface area contributed by atoms with Crippen molar-refractivity contribution in [3.8, 4) is 11.8 Å². The highest BCUT2D eigenvalue weighted by atomic mass is 79.9. The van der Waals surface area contributed by atoms with Crippen LogP contribution < -0.4 is 4.90 Å². The van der Waals surface area contributed by atoms with Gasteiger partial charge in [-0.05, 0) is 23.8 Å². The van der Waals surface area contributed by atoms with E-state index in [1.165, 1.54) is 0 Å². The first-order chi connectivity index (χ1) is 12.5. The second-order valence-corrected chi connectivity index (χ2v) is 7.75. The van der Waals surface area contributed by atoms with E-state index in [0.717, 1.165) is 11.1 Å². The predicted molar refractivity (Wildman–Crippen MR) is 106 cm³/mol. The second kappa shape index (κ2) is 8.72. The zero-order chi connectivity index (χ0) is 18.5. The van der Waals surface area contributed by atoms with Crippen molar-refractivity contribution in [2.24, 2.45) is 0 Å². The number of halogens is 3. The lowest BCUT2D eigenvalue weighted by atomic mass is 10.1. The summed E-state index contributed by atoms with van der Waals surface area (Å²) in [6.07, 6.45) is 3.40. The minimum absolute atomic E-state index is 0.0620. The minimum atomic E-state index is -0.570. The monoisotopic (exact) mass is 452 g/mol. The zero-order valence-corrected chi connectivity index (χ0v) is 16.7. The molecule has 0 aliphatic carbocycles. The van der Waals surface area contributed by atoms with E-state index in [1.54, 1.807) is 47.6 Å².